The smallest absolute Gasteiger partial charge is 0.145 e. The lowest BCUT2D eigenvalue weighted by Crippen LogP contribution is -2.31. The number of para-hydroxylation sites is 2. The van der Waals surface area contributed by atoms with Crippen LogP contribution in [0.2, 0.25) is 0 Å². The lowest BCUT2D eigenvalue weighted by atomic mass is 9.67. The van der Waals surface area contributed by atoms with E-state index in [0.29, 0.717) is 0 Å². The summed E-state index contributed by atoms with van der Waals surface area (Å²) in [6.07, 6.45) is 0. The number of rotatable bonds is 3. The Balaban J connectivity index is 1.33. The van der Waals surface area contributed by atoms with Crippen LogP contribution in [0.3, 0.4) is 0 Å². The molecule has 226 valence electrons. The summed E-state index contributed by atoms with van der Waals surface area (Å²) in [6, 6.07) is 59.0. The molecule has 0 saturated heterocycles. The molecule has 1 aliphatic heterocycles. The third kappa shape index (κ3) is 3.75. The Kier molecular flexibility index (Phi) is 5.87. The molecule has 2 aliphatic rings. The first-order valence-corrected chi connectivity index (χ1v) is 17.1. The first-order chi connectivity index (χ1) is 23.7. The van der Waals surface area contributed by atoms with Crippen LogP contribution in [-0.2, 0) is 5.41 Å². The first kappa shape index (κ1) is 27.3. The number of nitrogens with two attached hydrogens (primary N) is 1. The van der Waals surface area contributed by atoms with Gasteiger partial charge in [-0.25, -0.2) is 4.98 Å². The van der Waals surface area contributed by atoms with Gasteiger partial charge in [0.1, 0.15) is 5.82 Å². The molecule has 1 spiro atoms. The maximum Gasteiger partial charge on any atom is 0.145 e. The van der Waals surface area contributed by atoms with Crippen LogP contribution in [0.25, 0.3) is 50.4 Å². The molecule has 10 rings (SSSR count). The number of benzene rings is 7. The Labute approximate surface area is 283 Å². The molecule has 1 aromatic heterocycles. The molecule has 0 unspecified atom stereocenters. The van der Waals surface area contributed by atoms with Crippen molar-refractivity contribution in [1.29, 1.82) is 0 Å². The van der Waals surface area contributed by atoms with E-state index in [9.17, 15) is 0 Å². The van der Waals surface area contributed by atoms with Crippen LogP contribution in [0.4, 0.5) is 5.69 Å². The largest absolute Gasteiger partial charge is 0.399 e. The van der Waals surface area contributed by atoms with Crippen molar-refractivity contribution < 1.29 is 0 Å². The fourth-order valence-electron chi connectivity index (χ4n) is 8.05. The molecule has 7 aromatic carbocycles. The third-order valence-electron chi connectivity index (χ3n) is 10.0. The van der Waals surface area contributed by atoms with Gasteiger partial charge in [0.15, 0.2) is 0 Å². The predicted molar refractivity (Wildman–Crippen MR) is 198 cm³/mol. The number of nitrogen functional groups attached to an aromatic ring is 1. The summed E-state index contributed by atoms with van der Waals surface area (Å²) in [4.78, 5) is 7.75. The average molecular weight is 632 g/mol. The number of hydrogen-bond acceptors (Lipinski definition) is 3. The molecule has 2 N–H and O–H groups in total. The van der Waals surface area contributed by atoms with Gasteiger partial charge in [0.05, 0.1) is 16.4 Å². The van der Waals surface area contributed by atoms with Gasteiger partial charge in [-0.3, -0.25) is 4.57 Å². The minimum absolute atomic E-state index is 0.468. The van der Waals surface area contributed by atoms with Gasteiger partial charge in [-0.1, -0.05) is 127 Å². The van der Waals surface area contributed by atoms with E-state index in [4.69, 9.17) is 10.7 Å². The molecular formula is C44H29N3S. The summed E-state index contributed by atoms with van der Waals surface area (Å²) in [5, 5.41) is 0. The standard InChI is InChI=1S/C44H29N3S/c45-30-23-21-28(22-24-30)32-13-10-16-37-42(32)33-27-31(47-39-18-7-6-17-38(39)46-43(47)29-11-2-1-3-12-29)25-26-34(33)44(37)35-14-4-8-19-40(35)48-41-20-9-5-15-36(41)44/h1-27H,45H2. The Morgan fingerprint density at radius 3 is 1.96 bits per heavy atom. The topological polar surface area (TPSA) is 43.8 Å². The molecule has 4 heteroatoms. The number of hydrogen-bond donors (Lipinski definition) is 1. The van der Waals surface area contributed by atoms with E-state index in [-0.39, 0.29) is 0 Å². The SMILES string of the molecule is Nc1ccc(-c2cccc3c2-c2cc(-n4c(-c5ccccc5)nc5ccccc54)ccc2C32c3ccccc3Sc3ccccc32)cc1. The van der Waals surface area contributed by atoms with E-state index in [0.717, 1.165) is 39.4 Å². The molecular weight excluding hydrogens is 603 g/mol. The zero-order chi connectivity index (χ0) is 31.8. The van der Waals surface area contributed by atoms with Crippen molar-refractivity contribution in [2.75, 3.05) is 5.73 Å². The van der Waals surface area contributed by atoms with Crippen LogP contribution >= 0.6 is 11.8 Å². The molecule has 0 amide bonds. The van der Waals surface area contributed by atoms with E-state index < -0.39 is 5.41 Å². The second-order valence-electron chi connectivity index (χ2n) is 12.5. The highest BCUT2D eigenvalue weighted by Crippen LogP contribution is 2.63. The monoisotopic (exact) mass is 631 g/mol. The van der Waals surface area contributed by atoms with Gasteiger partial charge >= 0.3 is 0 Å². The van der Waals surface area contributed by atoms with Crippen LogP contribution in [0.5, 0.6) is 0 Å². The molecule has 0 atom stereocenters. The van der Waals surface area contributed by atoms with Gasteiger partial charge in [-0.05, 0) is 93.0 Å². The third-order valence-corrected chi connectivity index (χ3v) is 11.2. The molecule has 8 aromatic rings. The van der Waals surface area contributed by atoms with E-state index in [1.165, 1.54) is 48.7 Å². The van der Waals surface area contributed by atoms with Gasteiger partial charge < -0.3 is 5.73 Å². The summed E-state index contributed by atoms with van der Waals surface area (Å²) in [5.74, 6) is 0.932. The van der Waals surface area contributed by atoms with Crippen molar-refractivity contribution >= 4 is 28.5 Å². The average Bonchev–Trinajstić information content (AvgIpc) is 3.67. The van der Waals surface area contributed by atoms with Gasteiger partial charge in [-0.15, -0.1) is 0 Å². The molecule has 48 heavy (non-hydrogen) atoms. The first-order valence-electron chi connectivity index (χ1n) is 16.3. The quantitative estimate of drug-likeness (QED) is 0.197. The minimum atomic E-state index is -0.468. The highest BCUT2D eigenvalue weighted by molar-refractivity contribution is 7.99. The lowest BCUT2D eigenvalue weighted by Gasteiger charge is -2.39. The van der Waals surface area contributed by atoms with Crippen molar-refractivity contribution in [2.45, 2.75) is 15.2 Å². The summed E-state index contributed by atoms with van der Waals surface area (Å²) >= 11 is 1.87. The van der Waals surface area contributed by atoms with E-state index in [1.54, 1.807) is 0 Å². The number of anilines is 1. The van der Waals surface area contributed by atoms with Gasteiger partial charge in [-0.2, -0.15) is 0 Å². The molecule has 2 heterocycles. The second-order valence-corrected chi connectivity index (χ2v) is 13.6. The zero-order valence-electron chi connectivity index (χ0n) is 26.0. The number of nitrogens with zero attached hydrogens (tertiary/aromatic N) is 2. The van der Waals surface area contributed by atoms with Crippen molar-refractivity contribution in [3.63, 3.8) is 0 Å². The summed E-state index contributed by atoms with van der Waals surface area (Å²) in [5.41, 5.74) is 20.8. The van der Waals surface area contributed by atoms with Crippen LogP contribution in [0, 0.1) is 0 Å². The van der Waals surface area contributed by atoms with Gasteiger partial charge in [0.2, 0.25) is 0 Å². The number of aromatic nitrogens is 2. The zero-order valence-corrected chi connectivity index (χ0v) is 26.8. The second kappa shape index (κ2) is 10.3. The summed E-state index contributed by atoms with van der Waals surface area (Å²) < 4.78 is 2.32. The van der Waals surface area contributed by atoms with Crippen molar-refractivity contribution in [2.24, 2.45) is 0 Å². The maximum absolute atomic E-state index is 6.18. The maximum atomic E-state index is 6.18. The van der Waals surface area contributed by atoms with Gasteiger partial charge in [0.25, 0.3) is 0 Å². The highest BCUT2D eigenvalue weighted by atomic mass is 32.2. The van der Waals surface area contributed by atoms with Crippen LogP contribution in [-0.4, -0.2) is 9.55 Å². The fourth-order valence-corrected chi connectivity index (χ4v) is 9.24. The van der Waals surface area contributed by atoms with Crippen molar-refractivity contribution in [3.05, 3.63) is 186 Å². The normalized spacial score (nSPS) is 13.6. The van der Waals surface area contributed by atoms with Gasteiger partial charge in [0, 0.05) is 26.7 Å². The Hall–Kier alpha value is -5.84. The van der Waals surface area contributed by atoms with Crippen molar-refractivity contribution in [1.82, 2.24) is 9.55 Å². The minimum Gasteiger partial charge on any atom is -0.399 e. The Bertz CT molecular complexity index is 2500. The van der Waals surface area contributed by atoms with Crippen molar-refractivity contribution in [3.8, 4) is 39.3 Å². The Morgan fingerprint density at radius 1 is 0.521 bits per heavy atom. The molecule has 0 radical (unpaired) electrons. The number of imidazole rings is 1. The lowest BCUT2D eigenvalue weighted by molar-refractivity contribution is 0.722. The summed E-state index contributed by atoms with van der Waals surface area (Å²) in [6.45, 7) is 0. The van der Waals surface area contributed by atoms with Crippen LogP contribution < -0.4 is 5.73 Å². The Morgan fingerprint density at radius 2 is 1.19 bits per heavy atom. The van der Waals surface area contributed by atoms with Crippen LogP contribution in [0.15, 0.2) is 174 Å². The fraction of sp³-hybridized carbons (Fsp3) is 0.0227. The van der Waals surface area contributed by atoms with E-state index >= 15 is 0 Å². The summed E-state index contributed by atoms with van der Waals surface area (Å²) in [7, 11) is 0. The van der Waals surface area contributed by atoms with Crippen LogP contribution in [0.1, 0.15) is 22.3 Å². The predicted octanol–water partition coefficient (Wildman–Crippen LogP) is 10.8. The highest BCUT2D eigenvalue weighted by Gasteiger charge is 2.50. The van der Waals surface area contributed by atoms with E-state index in [2.05, 4.69) is 156 Å². The number of fused-ring (bicyclic) bond motifs is 10. The molecule has 0 fully saturated rings. The molecule has 0 saturated carbocycles. The van der Waals surface area contributed by atoms with E-state index in [1.807, 2.05) is 23.9 Å². The molecule has 0 bridgehead atoms. The molecule has 1 aliphatic carbocycles. The molecule has 3 nitrogen and oxygen atoms in total.